The van der Waals surface area contributed by atoms with Gasteiger partial charge in [0.15, 0.2) is 0 Å². The number of hydrogen-bond donors (Lipinski definition) is 2. The number of halogens is 1. The molecule has 1 amide bonds. The summed E-state index contributed by atoms with van der Waals surface area (Å²) in [4.78, 5) is 12.0. The largest absolute Gasteiger partial charge is 0.347 e. The van der Waals surface area contributed by atoms with Crippen LogP contribution in [0, 0.1) is 0 Å². The molecule has 3 N–H and O–H groups in total. The van der Waals surface area contributed by atoms with E-state index in [1.54, 1.807) is 0 Å². The number of nitrogens with one attached hydrogen (secondary N) is 1. The van der Waals surface area contributed by atoms with Gasteiger partial charge in [-0.3, -0.25) is 4.79 Å². The molecule has 1 aromatic rings. The van der Waals surface area contributed by atoms with Gasteiger partial charge in [-0.05, 0) is 38.0 Å². The molecule has 0 saturated heterocycles. The maximum absolute atomic E-state index is 12.2. The third-order valence-electron chi connectivity index (χ3n) is 3.62. The summed E-state index contributed by atoms with van der Waals surface area (Å²) < 4.78 is 22.8. The van der Waals surface area contributed by atoms with Crippen molar-refractivity contribution in [1.82, 2.24) is 5.32 Å². The van der Waals surface area contributed by atoms with Gasteiger partial charge in [0, 0.05) is 11.1 Å². The summed E-state index contributed by atoms with van der Waals surface area (Å²) in [5, 5.41) is 8.03. The van der Waals surface area contributed by atoms with Gasteiger partial charge in [0.25, 0.3) is 5.91 Å². The van der Waals surface area contributed by atoms with Crippen molar-refractivity contribution in [3.8, 4) is 0 Å². The highest BCUT2D eigenvalue weighted by atomic mass is 35.5. The van der Waals surface area contributed by atoms with E-state index in [-0.39, 0.29) is 26.9 Å². The van der Waals surface area contributed by atoms with Crippen LogP contribution in [0.15, 0.2) is 23.1 Å². The lowest BCUT2D eigenvalue weighted by atomic mass is 10.00. The molecule has 20 heavy (non-hydrogen) atoms. The number of rotatable bonds is 3. The van der Waals surface area contributed by atoms with Crippen LogP contribution in [0.2, 0.25) is 5.02 Å². The van der Waals surface area contributed by atoms with E-state index >= 15 is 0 Å². The van der Waals surface area contributed by atoms with Crippen LogP contribution < -0.4 is 10.5 Å². The predicted molar refractivity (Wildman–Crippen MR) is 77.2 cm³/mol. The van der Waals surface area contributed by atoms with Gasteiger partial charge < -0.3 is 5.32 Å². The van der Waals surface area contributed by atoms with Crippen LogP contribution in [-0.4, -0.2) is 19.9 Å². The SMILES string of the molecule is CC1(NC(=O)c2ccc(Cl)c(S(N)(=O)=O)c2)CCCC1. The molecule has 0 aromatic heterocycles. The van der Waals surface area contributed by atoms with Gasteiger partial charge >= 0.3 is 0 Å². The summed E-state index contributed by atoms with van der Waals surface area (Å²) >= 11 is 5.79. The Morgan fingerprint density at radius 1 is 1.35 bits per heavy atom. The first-order valence-corrected chi connectivity index (χ1v) is 8.29. The van der Waals surface area contributed by atoms with Gasteiger partial charge in [0.05, 0.1) is 5.02 Å². The molecule has 110 valence electrons. The Morgan fingerprint density at radius 2 is 1.95 bits per heavy atom. The molecule has 0 heterocycles. The van der Waals surface area contributed by atoms with E-state index in [4.69, 9.17) is 16.7 Å². The van der Waals surface area contributed by atoms with Crippen LogP contribution in [0.3, 0.4) is 0 Å². The Bertz CT molecular complexity index is 637. The molecule has 1 saturated carbocycles. The number of primary sulfonamides is 1. The van der Waals surface area contributed by atoms with Gasteiger partial charge in [-0.2, -0.15) is 0 Å². The third kappa shape index (κ3) is 3.31. The summed E-state index contributed by atoms with van der Waals surface area (Å²) in [6.07, 6.45) is 4.02. The molecular weight excluding hydrogens is 300 g/mol. The zero-order chi connectivity index (χ0) is 15.0. The number of carbonyl (C=O) groups is 1. The third-order valence-corrected chi connectivity index (χ3v) is 5.01. The summed E-state index contributed by atoms with van der Waals surface area (Å²) in [5.41, 5.74) is 0.0184. The van der Waals surface area contributed by atoms with Crippen molar-refractivity contribution in [3.05, 3.63) is 28.8 Å². The molecule has 5 nitrogen and oxygen atoms in total. The maximum Gasteiger partial charge on any atom is 0.251 e. The molecule has 0 spiro atoms. The predicted octanol–water partition coefficient (Wildman–Crippen LogP) is 2.05. The molecule has 1 fully saturated rings. The molecule has 7 heteroatoms. The van der Waals surface area contributed by atoms with Crippen molar-refractivity contribution in [1.29, 1.82) is 0 Å². The van der Waals surface area contributed by atoms with Crippen molar-refractivity contribution in [2.24, 2.45) is 5.14 Å². The number of nitrogens with two attached hydrogens (primary N) is 1. The van der Waals surface area contributed by atoms with E-state index in [0.717, 1.165) is 25.7 Å². The first-order chi connectivity index (χ1) is 9.21. The van der Waals surface area contributed by atoms with Gasteiger partial charge in [-0.1, -0.05) is 24.4 Å². The smallest absolute Gasteiger partial charge is 0.251 e. The summed E-state index contributed by atoms with van der Waals surface area (Å²) in [7, 11) is -3.94. The lowest BCUT2D eigenvalue weighted by Gasteiger charge is -2.25. The number of sulfonamides is 1. The van der Waals surface area contributed by atoms with Crippen LogP contribution >= 0.6 is 11.6 Å². The minimum Gasteiger partial charge on any atom is -0.347 e. The Morgan fingerprint density at radius 3 is 2.50 bits per heavy atom. The van der Waals surface area contributed by atoms with Crippen LogP contribution in [-0.2, 0) is 10.0 Å². The highest BCUT2D eigenvalue weighted by Crippen LogP contribution is 2.29. The molecular formula is C13H17ClN2O3S. The lowest BCUT2D eigenvalue weighted by Crippen LogP contribution is -2.43. The number of amides is 1. The molecule has 0 aliphatic heterocycles. The average molecular weight is 317 g/mol. The van der Waals surface area contributed by atoms with Crippen LogP contribution in [0.4, 0.5) is 0 Å². The zero-order valence-corrected chi connectivity index (χ0v) is 12.7. The first kappa shape index (κ1) is 15.3. The lowest BCUT2D eigenvalue weighted by molar-refractivity contribution is 0.0908. The van der Waals surface area contributed by atoms with E-state index in [1.807, 2.05) is 6.92 Å². The van der Waals surface area contributed by atoms with E-state index in [0.29, 0.717) is 0 Å². The molecule has 0 bridgehead atoms. The number of benzene rings is 1. The fraction of sp³-hybridized carbons (Fsp3) is 0.462. The molecule has 1 aliphatic carbocycles. The topological polar surface area (TPSA) is 89.3 Å². The molecule has 2 rings (SSSR count). The quantitative estimate of drug-likeness (QED) is 0.894. The second kappa shape index (κ2) is 5.35. The van der Waals surface area contributed by atoms with Crippen LogP contribution in [0.25, 0.3) is 0 Å². The second-order valence-electron chi connectivity index (χ2n) is 5.41. The van der Waals surface area contributed by atoms with Crippen molar-refractivity contribution in [2.75, 3.05) is 0 Å². The van der Waals surface area contributed by atoms with Crippen LogP contribution in [0.1, 0.15) is 43.0 Å². The number of carbonyl (C=O) groups excluding carboxylic acids is 1. The fourth-order valence-corrected chi connectivity index (χ4v) is 3.56. The minimum atomic E-state index is -3.94. The van der Waals surface area contributed by atoms with Crippen molar-refractivity contribution >= 4 is 27.5 Å². The van der Waals surface area contributed by atoms with E-state index in [2.05, 4.69) is 5.32 Å². The normalized spacial score (nSPS) is 17.9. The molecule has 1 aromatic carbocycles. The van der Waals surface area contributed by atoms with Gasteiger partial charge in [0.2, 0.25) is 10.0 Å². The zero-order valence-electron chi connectivity index (χ0n) is 11.1. The Labute approximate surface area is 123 Å². The Hall–Kier alpha value is -1.11. The summed E-state index contributed by atoms with van der Waals surface area (Å²) in [6, 6.07) is 4.07. The Kier molecular flexibility index (Phi) is 4.09. The average Bonchev–Trinajstić information content (AvgIpc) is 2.74. The van der Waals surface area contributed by atoms with Crippen LogP contribution in [0.5, 0.6) is 0 Å². The fourth-order valence-electron chi connectivity index (χ4n) is 2.49. The minimum absolute atomic E-state index is 0.0103. The van der Waals surface area contributed by atoms with Crippen molar-refractivity contribution in [3.63, 3.8) is 0 Å². The number of hydrogen-bond acceptors (Lipinski definition) is 3. The first-order valence-electron chi connectivity index (χ1n) is 6.36. The van der Waals surface area contributed by atoms with Gasteiger partial charge in [-0.15, -0.1) is 0 Å². The van der Waals surface area contributed by atoms with Gasteiger partial charge in [0.1, 0.15) is 4.90 Å². The van der Waals surface area contributed by atoms with Crippen molar-refractivity contribution in [2.45, 2.75) is 43.0 Å². The monoisotopic (exact) mass is 316 g/mol. The summed E-state index contributed by atoms with van der Waals surface area (Å²) in [6.45, 7) is 1.99. The molecule has 0 unspecified atom stereocenters. The van der Waals surface area contributed by atoms with E-state index in [9.17, 15) is 13.2 Å². The Balaban J connectivity index is 2.27. The van der Waals surface area contributed by atoms with E-state index < -0.39 is 10.0 Å². The van der Waals surface area contributed by atoms with Gasteiger partial charge in [-0.25, -0.2) is 13.6 Å². The maximum atomic E-state index is 12.2. The molecule has 0 radical (unpaired) electrons. The highest BCUT2D eigenvalue weighted by Gasteiger charge is 2.30. The standard InChI is InChI=1S/C13H17ClN2O3S/c1-13(6-2-3-7-13)16-12(17)9-4-5-10(14)11(8-9)20(15,18)19/h4-5,8H,2-3,6-7H2,1H3,(H,16,17)(H2,15,18,19). The summed E-state index contributed by atoms with van der Waals surface area (Å²) in [5.74, 6) is -0.309. The highest BCUT2D eigenvalue weighted by molar-refractivity contribution is 7.89. The molecule has 0 atom stereocenters. The second-order valence-corrected chi connectivity index (χ2v) is 7.35. The van der Waals surface area contributed by atoms with Crippen molar-refractivity contribution < 1.29 is 13.2 Å². The molecule has 1 aliphatic rings. The van der Waals surface area contributed by atoms with E-state index in [1.165, 1.54) is 18.2 Å².